The molecule has 0 bridgehead atoms. The van der Waals surface area contributed by atoms with Gasteiger partial charge in [0.15, 0.2) is 0 Å². The molecule has 19 heavy (non-hydrogen) atoms. The molecule has 3 heteroatoms. The van der Waals surface area contributed by atoms with Crippen LogP contribution in [0.25, 0.3) is 0 Å². The van der Waals surface area contributed by atoms with Gasteiger partial charge in [-0.25, -0.2) is 0 Å². The van der Waals surface area contributed by atoms with Crippen molar-refractivity contribution in [2.24, 2.45) is 5.92 Å². The summed E-state index contributed by atoms with van der Waals surface area (Å²) < 4.78 is 5.47. The summed E-state index contributed by atoms with van der Waals surface area (Å²) in [4.78, 5) is 0. The number of methoxy groups -OCH3 is 1. The molecular formula is C16H26N2O. The number of hydrogen-bond acceptors (Lipinski definition) is 3. The van der Waals surface area contributed by atoms with Crippen LogP contribution in [-0.4, -0.2) is 26.7 Å². The van der Waals surface area contributed by atoms with Gasteiger partial charge in [0.2, 0.25) is 0 Å². The maximum absolute atomic E-state index is 5.47. The molecule has 1 aromatic rings. The fraction of sp³-hybridized carbons (Fsp3) is 0.625. The molecule has 1 aliphatic heterocycles. The molecule has 1 fully saturated rings. The first-order valence-corrected chi connectivity index (χ1v) is 7.42. The zero-order chi connectivity index (χ0) is 13.5. The number of nitrogens with one attached hydrogen (secondary N) is 2. The van der Waals surface area contributed by atoms with Crippen molar-refractivity contribution in [1.82, 2.24) is 10.6 Å². The number of para-hydroxylation sites is 1. The van der Waals surface area contributed by atoms with Gasteiger partial charge in [-0.3, -0.25) is 0 Å². The quantitative estimate of drug-likeness (QED) is 0.827. The van der Waals surface area contributed by atoms with E-state index in [-0.39, 0.29) is 0 Å². The smallest absolute Gasteiger partial charge is 0.123 e. The Balaban J connectivity index is 1.95. The highest BCUT2D eigenvalue weighted by atomic mass is 16.5. The van der Waals surface area contributed by atoms with Crippen LogP contribution in [-0.2, 0) is 0 Å². The zero-order valence-electron chi connectivity index (χ0n) is 12.1. The molecule has 3 nitrogen and oxygen atoms in total. The highest BCUT2D eigenvalue weighted by Gasteiger charge is 2.17. The molecule has 0 saturated carbocycles. The number of piperidine rings is 1. The lowest BCUT2D eigenvalue weighted by molar-refractivity contribution is 0.337. The molecule has 1 aliphatic rings. The summed E-state index contributed by atoms with van der Waals surface area (Å²) in [5, 5.41) is 7.18. The largest absolute Gasteiger partial charge is 0.496 e. The van der Waals surface area contributed by atoms with Gasteiger partial charge in [-0.1, -0.05) is 25.1 Å². The van der Waals surface area contributed by atoms with E-state index in [0.29, 0.717) is 6.04 Å². The number of ether oxygens (including phenoxy) is 1. The van der Waals surface area contributed by atoms with Gasteiger partial charge in [0.05, 0.1) is 7.11 Å². The highest BCUT2D eigenvalue weighted by Crippen LogP contribution is 2.27. The van der Waals surface area contributed by atoms with E-state index in [1.165, 1.54) is 24.9 Å². The van der Waals surface area contributed by atoms with E-state index in [2.05, 4.69) is 29.7 Å². The third-order valence-corrected chi connectivity index (χ3v) is 3.97. The van der Waals surface area contributed by atoms with Crippen molar-refractivity contribution in [2.75, 3.05) is 26.7 Å². The maximum Gasteiger partial charge on any atom is 0.123 e. The number of benzene rings is 1. The topological polar surface area (TPSA) is 33.3 Å². The van der Waals surface area contributed by atoms with Gasteiger partial charge in [-0.2, -0.15) is 0 Å². The molecule has 1 heterocycles. The Kier molecular flexibility index (Phi) is 5.67. The summed E-state index contributed by atoms with van der Waals surface area (Å²) in [5.41, 5.74) is 1.27. The number of hydrogen-bond donors (Lipinski definition) is 2. The lowest BCUT2D eigenvalue weighted by atomic mass is 9.97. The molecule has 2 N–H and O–H groups in total. The summed E-state index contributed by atoms with van der Waals surface area (Å²) in [5.74, 6) is 1.75. The summed E-state index contributed by atoms with van der Waals surface area (Å²) in [6, 6.07) is 8.71. The van der Waals surface area contributed by atoms with Crippen molar-refractivity contribution in [3.63, 3.8) is 0 Å². The van der Waals surface area contributed by atoms with Crippen LogP contribution in [0.5, 0.6) is 5.75 Å². The van der Waals surface area contributed by atoms with Gasteiger partial charge in [0.1, 0.15) is 5.75 Å². The Morgan fingerprint density at radius 3 is 2.95 bits per heavy atom. The van der Waals surface area contributed by atoms with Crippen molar-refractivity contribution in [3.05, 3.63) is 29.8 Å². The molecular weight excluding hydrogens is 236 g/mol. The Morgan fingerprint density at radius 1 is 1.42 bits per heavy atom. The summed E-state index contributed by atoms with van der Waals surface area (Å²) in [7, 11) is 1.75. The molecule has 2 rings (SSSR count). The van der Waals surface area contributed by atoms with E-state index < -0.39 is 0 Å². The van der Waals surface area contributed by atoms with Crippen LogP contribution in [0.1, 0.15) is 37.8 Å². The van der Waals surface area contributed by atoms with E-state index in [9.17, 15) is 0 Å². The first kappa shape index (κ1) is 14.4. The second-order valence-corrected chi connectivity index (χ2v) is 5.32. The Morgan fingerprint density at radius 2 is 2.26 bits per heavy atom. The first-order valence-electron chi connectivity index (χ1n) is 7.42. The van der Waals surface area contributed by atoms with Gasteiger partial charge >= 0.3 is 0 Å². The summed E-state index contributed by atoms with van der Waals surface area (Å²) in [6.45, 7) is 5.64. The summed E-state index contributed by atoms with van der Waals surface area (Å²) >= 11 is 0. The SMILES string of the molecule is CCC(NCC1CCCNC1)c1ccccc1OC. The predicted octanol–water partition coefficient (Wildman–Crippen LogP) is 2.74. The van der Waals surface area contributed by atoms with Gasteiger partial charge in [0.25, 0.3) is 0 Å². The average molecular weight is 262 g/mol. The van der Waals surface area contributed by atoms with Crippen molar-refractivity contribution in [1.29, 1.82) is 0 Å². The van der Waals surface area contributed by atoms with E-state index in [4.69, 9.17) is 4.74 Å². The van der Waals surface area contributed by atoms with Crippen LogP contribution in [0, 0.1) is 5.92 Å². The normalized spacial score (nSPS) is 21.1. The minimum absolute atomic E-state index is 0.387. The third-order valence-electron chi connectivity index (χ3n) is 3.97. The van der Waals surface area contributed by atoms with Gasteiger partial charge < -0.3 is 15.4 Å². The van der Waals surface area contributed by atoms with Crippen molar-refractivity contribution in [2.45, 2.75) is 32.2 Å². The summed E-state index contributed by atoms with van der Waals surface area (Å²) in [6.07, 6.45) is 3.72. The first-order chi connectivity index (χ1) is 9.35. The van der Waals surface area contributed by atoms with Crippen LogP contribution in [0.4, 0.5) is 0 Å². The molecule has 0 aliphatic carbocycles. The minimum Gasteiger partial charge on any atom is -0.496 e. The standard InChI is InChI=1S/C16H26N2O/c1-3-15(14-8-4-5-9-16(14)19-2)18-12-13-7-6-10-17-11-13/h4-5,8-9,13,15,17-18H,3,6-7,10-12H2,1-2H3. The molecule has 1 aromatic carbocycles. The minimum atomic E-state index is 0.387. The zero-order valence-corrected chi connectivity index (χ0v) is 12.1. The molecule has 2 atom stereocenters. The van der Waals surface area contributed by atoms with Crippen molar-refractivity contribution in [3.8, 4) is 5.75 Å². The monoisotopic (exact) mass is 262 g/mol. The van der Waals surface area contributed by atoms with E-state index >= 15 is 0 Å². The second-order valence-electron chi connectivity index (χ2n) is 5.32. The van der Waals surface area contributed by atoms with Gasteiger partial charge in [0, 0.05) is 11.6 Å². The van der Waals surface area contributed by atoms with Crippen molar-refractivity contribution >= 4 is 0 Å². The van der Waals surface area contributed by atoms with Crippen LogP contribution in [0.2, 0.25) is 0 Å². The van der Waals surface area contributed by atoms with E-state index in [1.54, 1.807) is 7.11 Å². The molecule has 0 spiro atoms. The van der Waals surface area contributed by atoms with Gasteiger partial charge in [-0.05, 0) is 50.9 Å². The van der Waals surface area contributed by atoms with Crippen LogP contribution in [0.15, 0.2) is 24.3 Å². The van der Waals surface area contributed by atoms with Crippen molar-refractivity contribution < 1.29 is 4.74 Å². The third kappa shape index (κ3) is 3.95. The van der Waals surface area contributed by atoms with Crippen LogP contribution < -0.4 is 15.4 Å². The van der Waals surface area contributed by atoms with Crippen LogP contribution >= 0.6 is 0 Å². The Bertz CT molecular complexity index is 375. The Hall–Kier alpha value is -1.06. The lowest BCUT2D eigenvalue weighted by Gasteiger charge is -2.26. The second kappa shape index (κ2) is 7.51. The molecule has 106 valence electrons. The molecule has 0 radical (unpaired) electrons. The average Bonchev–Trinajstić information content (AvgIpc) is 2.49. The molecule has 0 aromatic heterocycles. The highest BCUT2D eigenvalue weighted by molar-refractivity contribution is 5.35. The molecule has 0 amide bonds. The predicted molar refractivity (Wildman–Crippen MR) is 79.6 cm³/mol. The Labute approximate surface area is 116 Å². The maximum atomic E-state index is 5.47. The fourth-order valence-corrected chi connectivity index (χ4v) is 2.84. The van der Waals surface area contributed by atoms with Gasteiger partial charge in [-0.15, -0.1) is 0 Å². The van der Waals surface area contributed by atoms with Crippen LogP contribution in [0.3, 0.4) is 0 Å². The van der Waals surface area contributed by atoms with E-state index in [0.717, 1.165) is 31.2 Å². The molecule has 1 saturated heterocycles. The number of rotatable bonds is 6. The van der Waals surface area contributed by atoms with E-state index in [1.807, 2.05) is 12.1 Å². The molecule has 2 unspecified atom stereocenters. The fourth-order valence-electron chi connectivity index (χ4n) is 2.84. The lowest BCUT2D eigenvalue weighted by Crippen LogP contribution is -2.37.